The third-order valence-corrected chi connectivity index (χ3v) is 6.10. The first-order valence-corrected chi connectivity index (χ1v) is 12.2. The smallest absolute Gasteiger partial charge is 0.418 e. The van der Waals surface area contributed by atoms with Crippen LogP contribution in [0.15, 0.2) is 66.7 Å². The van der Waals surface area contributed by atoms with E-state index in [4.69, 9.17) is 16.3 Å². The van der Waals surface area contributed by atoms with Gasteiger partial charge in [-0.1, -0.05) is 29.8 Å². The number of benzene rings is 3. The van der Waals surface area contributed by atoms with Gasteiger partial charge < -0.3 is 10.1 Å². The third-order valence-electron chi connectivity index (χ3n) is 4.73. The molecule has 0 bridgehead atoms. The Kier molecular flexibility index (Phi) is 7.91. The van der Waals surface area contributed by atoms with Crippen molar-refractivity contribution in [3.05, 3.63) is 88.7 Å². The van der Waals surface area contributed by atoms with Crippen molar-refractivity contribution in [1.29, 1.82) is 0 Å². The molecule has 0 atom stereocenters. The van der Waals surface area contributed by atoms with Gasteiger partial charge in [-0.05, 0) is 48.5 Å². The number of alkyl halides is 3. The number of hydrogen-bond acceptors (Lipinski definition) is 4. The van der Waals surface area contributed by atoms with Crippen LogP contribution in [0.3, 0.4) is 0 Å². The standard InChI is InChI=1S/C23H19ClF4N2O4S/c1-35(32,33)30(13-15-4-2-3-5-20(15)25)17-7-9-18(10-8-17)34-14-22(31)29-21-11-6-16(24)12-19(21)23(26,27)28/h2-12H,13-14H2,1H3,(H,29,31). The lowest BCUT2D eigenvalue weighted by atomic mass is 10.1. The highest BCUT2D eigenvalue weighted by Crippen LogP contribution is 2.36. The van der Waals surface area contributed by atoms with Gasteiger partial charge in [-0.2, -0.15) is 13.2 Å². The van der Waals surface area contributed by atoms with Crippen molar-refractivity contribution in [2.24, 2.45) is 0 Å². The fourth-order valence-electron chi connectivity index (χ4n) is 3.09. The number of hydrogen-bond donors (Lipinski definition) is 1. The molecule has 0 fully saturated rings. The number of rotatable bonds is 8. The Morgan fingerprint density at radius 1 is 1.06 bits per heavy atom. The van der Waals surface area contributed by atoms with Gasteiger partial charge in [-0.25, -0.2) is 12.8 Å². The molecule has 0 aromatic heterocycles. The van der Waals surface area contributed by atoms with Gasteiger partial charge in [0.05, 0.1) is 29.7 Å². The number of nitrogens with one attached hydrogen (secondary N) is 1. The maximum atomic E-state index is 14.0. The van der Waals surface area contributed by atoms with E-state index < -0.39 is 45.8 Å². The Labute approximate surface area is 204 Å². The van der Waals surface area contributed by atoms with Gasteiger partial charge in [-0.3, -0.25) is 9.10 Å². The molecule has 3 aromatic rings. The molecule has 0 heterocycles. The number of anilines is 2. The number of sulfonamides is 1. The van der Waals surface area contributed by atoms with E-state index in [0.29, 0.717) is 6.07 Å². The van der Waals surface area contributed by atoms with Crippen molar-refractivity contribution >= 4 is 38.9 Å². The first kappa shape index (κ1) is 26.3. The monoisotopic (exact) mass is 530 g/mol. The normalized spacial score (nSPS) is 11.7. The fourth-order valence-corrected chi connectivity index (χ4v) is 4.14. The topological polar surface area (TPSA) is 75.7 Å². The van der Waals surface area contributed by atoms with E-state index in [0.717, 1.165) is 16.6 Å². The van der Waals surface area contributed by atoms with Crippen molar-refractivity contribution < 1.29 is 35.5 Å². The van der Waals surface area contributed by atoms with Gasteiger partial charge in [0.2, 0.25) is 10.0 Å². The molecule has 0 unspecified atom stereocenters. The lowest BCUT2D eigenvalue weighted by Gasteiger charge is -2.23. The molecule has 0 spiro atoms. The van der Waals surface area contributed by atoms with E-state index in [9.17, 15) is 30.8 Å². The number of ether oxygens (including phenoxy) is 1. The molecule has 1 amide bonds. The largest absolute Gasteiger partial charge is 0.484 e. The Morgan fingerprint density at radius 3 is 2.31 bits per heavy atom. The minimum Gasteiger partial charge on any atom is -0.484 e. The van der Waals surface area contributed by atoms with E-state index in [1.807, 2.05) is 0 Å². The average Bonchev–Trinajstić information content (AvgIpc) is 2.77. The van der Waals surface area contributed by atoms with Gasteiger partial charge in [0.25, 0.3) is 5.91 Å². The predicted molar refractivity (Wildman–Crippen MR) is 124 cm³/mol. The second-order valence-corrected chi connectivity index (χ2v) is 9.72. The predicted octanol–water partition coefficient (Wildman–Crippen LogP) is 5.48. The number of halogens is 5. The summed E-state index contributed by atoms with van der Waals surface area (Å²) in [6.45, 7) is -0.846. The van der Waals surface area contributed by atoms with E-state index >= 15 is 0 Å². The molecule has 0 saturated carbocycles. The van der Waals surface area contributed by atoms with Crippen LogP contribution in [-0.2, 0) is 27.5 Å². The van der Waals surface area contributed by atoms with Crippen LogP contribution >= 0.6 is 11.6 Å². The molecule has 12 heteroatoms. The molecule has 0 aliphatic rings. The molecule has 3 rings (SSSR count). The number of carbonyl (C=O) groups excluding carboxylic acids is 1. The molecule has 0 aliphatic carbocycles. The SMILES string of the molecule is CS(=O)(=O)N(Cc1ccccc1F)c1ccc(OCC(=O)Nc2ccc(Cl)cc2C(F)(F)F)cc1. The molecule has 1 N–H and O–H groups in total. The van der Waals surface area contributed by atoms with Crippen molar-refractivity contribution in [2.75, 3.05) is 22.5 Å². The van der Waals surface area contributed by atoms with Crippen LogP contribution in [0.5, 0.6) is 5.75 Å². The Bertz CT molecular complexity index is 1320. The summed E-state index contributed by atoms with van der Waals surface area (Å²) in [7, 11) is -3.76. The molecular weight excluding hydrogens is 512 g/mol. The molecular formula is C23H19ClF4N2O4S. The molecule has 3 aromatic carbocycles. The molecule has 186 valence electrons. The van der Waals surface area contributed by atoms with Gasteiger partial charge in [0, 0.05) is 10.6 Å². The van der Waals surface area contributed by atoms with Crippen LogP contribution in [0.1, 0.15) is 11.1 Å². The first-order valence-electron chi connectivity index (χ1n) is 9.95. The van der Waals surface area contributed by atoms with E-state index in [1.54, 1.807) is 6.07 Å². The lowest BCUT2D eigenvalue weighted by Crippen LogP contribution is -2.29. The molecule has 35 heavy (non-hydrogen) atoms. The Morgan fingerprint density at radius 2 is 1.71 bits per heavy atom. The fraction of sp³-hybridized carbons (Fsp3) is 0.174. The minimum atomic E-state index is -4.72. The second kappa shape index (κ2) is 10.5. The van der Waals surface area contributed by atoms with Crippen molar-refractivity contribution in [2.45, 2.75) is 12.7 Å². The van der Waals surface area contributed by atoms with Crippen molar-refractivity contribution in [1.82, 2.24) is 0 Å². The zero-order valence-electron chi connectivity index (χ0n) is 18.1. The minimum absolute atomic E-state index is 0.134. The molecule has 6 nitrogen and oxygen atoms in total. The summed E-state index contributed by atoms with van der Waals surface area (Å²) in [6, 6.07) is 14.3. The second-order valence-electron chi connectivity index (χ2n) is 7.38. The maximum Gasteiger partial charge on any atom is 0.418 e. The Hall–Kier alpha value is -3.31. The average molecular weight is 531 g/mol. The van der Waals surface area contributed by atoms with Crippen LogP contribution in [0.25, 0.3) is 0 Å². The Balaban J connectivity index is 1.68. The van der Waals surface area contributed by atoms with Crippen LogP contribution in [-0.4, -0.2) is 27.2 Å². The van der Waals surface area contributed by atoms with Crippen LogP contribution in [0.2, 0.25) is 5.02 Å². The van der Waals surface area contributed by atoms with E-state index in [2.05, 4.69) is 5.32 Å². The zero-order valence-corrected chi connectivity index (χ0v) is 19.7. The van der Waals surface area contributed by atoms with Gasteiger partial charge in [-0.15, -0.1) is 0 Å². The number of nitrogens with zero attached hydrogens (tertiary/aromatic N) is 1. The zero-order chi connectivity index (χ0) is 25.8. The summed E-state index contributed by atoms with van der Waals surface area (Å²) in [5.41, 5.74) is -1.17. The highest BCUT2D eigenvalue weighted by Gasteiger charge is 2.34. The third kappa shape index (κ3) is 7.09. The van der Waals surface area contributed by atoms with E-state index in [1.165, 1.54) is 48.5 Å². The highest BCUT2D eigenvalue weighted by molar-refractivity contribution is 7.92. The summed E-state index contributed by atoms with van der Waals surface area (Å²) in [4.78, 5) is 12.1. The van der Waals surface area contributed by atoms with Crippen molar-refractivity contribution in [3.63, 3.8) is 0 Å². The van der Waals surface area contributed by atoms with Gasteiger partial charge in [0.1, 0.15) is 11.6 Å². The molecule has 0 radical (unpaired) electrons. The summed E-state index contributed by atoms with van der Waals surface area (Å²) >= 11 is 5.62. The highest BCUT2D eigenvalue weighted by atomic mass is 35.5. The van der Waals surface area contributed by atoms with Crippen LogP contribution in [0.4, 0.5) is 28.9 Å². The molecule has 0 saturated heterocycles. The summed E-state index contributed by atoms with van der Waals surface area (Å²) in [6.07, 6.45) is -3.74. The van der Waals surface area contributed by atoms with Crippen LogP contribution in [0, 0.1) is 5.82 Å². The lowest BCUT2D eigenvalue weighted by molar-refractivity contribution is -0.137. The van der Waals surface area contributed by atoms with E-state index in [-0.39, 0.29) is 28.6 Å². The van der Waals surface area contributed by atoms with Crippen LogP contribution < -0.4 is 14.4 Å². The number of carbonyl (C=O) groups is 1. The maximum absolute atomic E-state index is 14.0. The summed E-state index contributed by atoms with van der Waals surface area (Å²) < 4.78 is 84.4. The van der Waals surface area contributed by atoms with Gasteiger partial charge >= 0.3 is 6.18 Å². The first-order chi connectivity index (χ1) is 16.3. The quantitative estimate of drug-likeness (QED) is 0.391. The summed E-state index contributed by atoms with van der Waals surface area (Å²) in [5.74, 6) is -1.24. The number of amides is 1. The van der Waals surface area contributed by atoms with Crippen molar-refractivity contribution in [3.8, 4) is 5.75 Å². The van der Waals surface area contributed by atoms with Gasteiger partial charge in [0.15, 0.2) is 6.61 Å². The molecule has 0 aliphatic heterocycles. The summed E-state index contributed by atoms with van der Waals surface area (Å²) in [5, 5.41) is 2.00.